The van der Waals surface area contributed by atoms with Crippen LogP contribution in [0.25, 0.3) is 0 Å². The van der Waals surface area contributed by atoms with Crippen LogP contribution in [-0.4, -0.2) is 42.9 Å². The first-order valence-electron chi connectivity index (χ1n) is 6.33. The van der Waals surface area contributed by atoms with E-state index in [1.54, 1.807) is 6.07 Å². The quantitative estimate of drug-likeness (QED) is 0.718. The Morgan fingerprint density at radius 3 is 2.84 bits per heavy atom. The van der Waals surface area contributed by atoms with Crippen LogP contribution in [0.15, 0.2) is 12.3 Å². The molecule has 0 aliphatic carbocycles. The van der Waals surface area contributed by atoms with Crippen LogP contribution >= 0.6 is 0 Å². The minimum absolute atomic E-state index is 0.0311. The number of esters is 1. The first kappa shape index (κ1) is 15.2. The molecule has 0 atom stereocenters. The Bertz CT molecular complexity index is 424. The molecule has 3 N–H and O–H groups in total. The van der Waals surface area contributed by atoms with Gasteiger partial charge in [0.05, 0.1) is 31.2 Å². The zero-order chi connectivity index (χ0) is 14.3. The molecule has 0 aliphatic heterocycles. The summed E-state index contributed by atoms with van der Waals surface area (Å²) in [4.78, 5) is 17.7. The van der Waals surface area contributed by atoms with Gasteiger partial charge in [-0.25, -0.2) is 9.78 Å². The van der Waals surface area contributed by atoms with E-state index in [1.165, 1.54) is 13.3 Å². The zero-order valence-corrected chi connectivity index (χ0v) is 11.4. The minimum Gasteiger partial charge on any atom is -0.465 e. The lowest BCUT2D eigenvalue weighted by Crippen LogP contribution is -2.29. The highest BCUT2D eigenvalue weighted by Gasteiger charge is 2.14. The summed E-state index contributed by atoms with van der Waals surface area (Å²) in [6, 6.07) is 1.60. The van der Waals surface area contributed by atoms with Gasteiger partial charge in [-0.15, -0.1) is 0 Å². The maximum absolute atomic E-state index is 11.6. The summed E-state index contributed by atoms with van der Waals surface area (Å²) < 4.78 is 4.68. The number of pyridine rings is 1. The van der Waals surface area contributed by atoms with Crippen molar-refractivity contribution in [3.63, 3.8) is 0 Å². The van der Waals surface area contributed by atoms with Crippen LogP contribution in [0.4, 0.5) is 11.5 Å². The molecular weight excluding hydrogens is 246 g/mol. The molecular formula is C13H21N3O3. The molecule has 0 aliphatic rings. The molecule has 6 nitrogen and oxygen atoms in total. The summed E-state index contributed by atoms with van der Waals surface area (Å²) in [5.41, 5.74) is 6.29. The third-order valence-electron chi connectivity index (χ3n) is 2.80. The highest BCUT2D eigenvalue weighted by Crippen LogP contribution is 2.19. The van der Waals surface area contributed by atoms with Crippen molar-refractivity contribution in [2.45, 2.75) is 19.8 Å². The van der Waals surface area contributed by atoms with Crippen LogP contribution in [0.2, 0.25) is 0 Å². The van der Waals surface area contributed by atoms with E-state index >= 15 is 0 Å². The lowest BCUT2D eigenvalue weighted by atomic mass is 10.2. The summed E-state index contributed by atoms with van der Waals surface area (Å²) in [6.45, 7) is 3.36. The predicted molar refractivity (Wildman–Crippen MR) is 74.2 cm³/mol. The molecule has 1 aromatic rings. The van der Waals surface area contributed by atoms with Crippen LogP contribution in [0.3, 0.4) is 0 Å². The third-order valence-corrected chi connectivity index (χ3v) is 2.80. The second-order valence-electron chi connectivity index (χ2n) is 4.19. The molecule has 1 rings (SSSR count). The largest absolute Gasteiger partial charge is 0.465 e. The van der Waals surface area contributed by atoms with Gasteiger partial charge in [-0.05, 0) is 12.5 Å². The maximum Gasteiger partial charge on any atom is 0.340 e. The lowest BCUT2D eigenvalue weighted by molar-refractivity contribution is 0.0602. The smallest absolute Gasteiger partial charge is 0.340 e. The predicted octanol–water partition coefficient (Wildman–Crippen LogP) is 1.05. The summed E-state index contributed by atoms with van der Waals surface area (Å²) in [5, 5.41) is 9.09. The first-order chi connectivity index (χ1) is 9.13. The number of carbonyl (C=O) groups excluding carboxylic acids is 1. The number of aromatic nitrogens is 1. The number of methoxy groups -OCH3 is 1. The number of rotatable bonds is 7. The molecule has 0 unspecified atom stereocenters. The van der Waals surface area contributed by atoms with Crippen LogP contribution in [0.5, 0.6) is 0 Å². The fourth-order valence-corrected chi connectivity index (χ4v) is 1.73. The molecule has 0 amide bonds. The Morgan fingerprint density at radius 2 is 2.26 bits per heavy atom. The number of carbonyl (C=O) groups is 1. The van der Waals surface area contributed by atoms with Gasteiger partial charge < -0.3 is 20.5 Å². The van der Waals surface area contributed by atoms with Crippen molar-refractivity contribution < 1.29 is 14.6 Å². The van der Waals surface area contributed by atoms with Crippen LogP contribution in [0, 0.1) is 0 Å². The molecule has 0 fully saturated rings. The van der Waals surface area contributed by atoms with Gasteiger partial charge in [-0.1, -0.05) is 13.3 Å². The Balaban J connectivity index is 2.99. The van der Waals surface area contributed by atoms with E-state index in [4.69, 9.17) is 10.8 Å². The van der Waals surface area contributed by atoms with E-state index in [0.717, 1.165) is 19.4 Å². The van der Waals surface area contributed by atoms with Gasteiger partial charge in [-0.2, -0.15) is 0 Å². The van der Waals surface area contributed by atoms with Crippen molar-refractivity contribution in [3.8, 4) is 0 Å². The van der Waals surface area contributed by atoms with Gasteiger partial charge >= 0.3 is 5.97 Å². The average Bonchev–Trinajstić information content (AvgIpc) is 2.43. The Labute approximate surface area is 113 Å². The van der Waals surface area contributed by atoms with Crippen molar-refractivity contribution in [1.29, 1.82) is 0 Å². The second kappa shape index (κ2) is 7.58. The number of nitrogens with two attached hydrogens (primary N) is 1. The van der Waals surface area contributed by atoms with Gasteiger partial charge in [0, 0.05) is 13.1 Å². The Hall–Kier alpha value is -1.82. The van der Waals surface area contributed by atoms with E-state index in [-0.39, 0.29) is 12.3 Å². The van der Waals surface area contributed by atoms with Crippen LogP contribution < -0.4 is 10.6 Å². The summed E-state index contributed by atoms with van der Waals surface area (Å²) in [7, 11) is 1.31. The molecule has 0 saturated heterocycles. The highest BCUT2D eigenvalue weighted by atomic mass is 16.5. The number of hydrogen-bond donors (Lipinski definition) is 2. The van der Waals surface area contributed by atoms with Crippen LogP contribution in [-0.2, 0) is 4.74 Å². The summed E-state index contributed by atoms with van der Waals surface area (Å²) in [6.07, 6.45) is 3.47. The topological polar surface area (TPSA) is 88.7 Å². The monoisotopic (exact) mass is 267 g/mol. The number of ether oxygens (including phenoxy) is 1. The van der Waals surface area contributed by atoms with Crippen LogP contribution in [0.1, 0.15) is 30.1 Å². The van der Waals surface area contributed by atoms with Crippen molar-refractivity contribution in [3.05, 3.63) is 17.8 Å². The zero-order valence-electron chi connectivity index (χ0n) is 11.4. The maximum atomic E-state index is 11.6. The molecule has 0 bridgehead atoms. The van der Waals surface area contributed by atoms with Crippen molar-refractivity contribution in [2.75, 3.05) is 37.4 Å². The van der Waals surface area contributed by atoms with Gasteiger partial charge in [0.15, 0.2) is 0 Å². The Morgan fingerprint density at radius 1 is 1.53 bits per heavy atom. The molecule has 106 valence electrons. The van der Waals surface area contributed by atoms with Gasteiger partial charge in [0.2, 0.25) is 0 Å². The minimum atomic E-state index is -0.486. The Kier molecular flexibility index (Phi) is 6.08. The average molecular weight is 267 g/mol. The number of aliphatic hydroxyl groups excluding tert-OH is 1. The van der Waals surface area contributed by atoms with E-state index in [2.05, 4.69) is 16.6 Å². The number of nitrogen functional groups attached to an aromatic ring is 1. The number of hydrogen-bond acceptors (Lipinski definition) is 6. The standard InChI is InChI=1S/C13H21N3O3/c1-3-4-5-16(6-7-17)12-8-10(13(18)19-2)11(14)9-15-12/h8-9,17H,3-7,14H2,1-2H3. The van der Waals surface area contributed by atoms with Crippen molar-refractivity contribution in [1.82, 2.24) is 4.98 Å². The fraction of sp³-hybridized carbons (Fsp3) is 0.538. The second-order valence-corrected chi connectivity index (χ2v) is 4.19. The van der Waals surface area contributed by atoms with E-state index in [9.17, 15) is 4.79 Å². The van der Waals surface area contributed by atoms with E-state index < -0.39 is 5.97 Å². The van der Waals surface area contributed by atoms with Gasteiger partial charge in [0.25, 0.3) is 0 Å². The van der Waals surface area contributed by atoms with Gasteiger partial charge in [-0.3, -0.25) is 0 Å². The number of anilines is 2. The molecule has 6 heteroatoms. The van der Waals surface area contributed by atoms with E-state index in [0.29, 0.717) is 17.9 Å². The van der Waals surface area contributed by atoms with Crippen molar-refractivity contribution >= 4 is 17.5 Å². The number of unbranched alkanes of at least 4 members (excludes halogenated alkanes) is 1. The lowest BCUT2D eigenvalue weighted by Gasteiger charge is -2.23. The molecule has 1 aromatic heterocycles. The fourth-order valence-electron chi connectivity index (χ4n) is 1.73. The van der Waals surface area contributed by atoms with E-state index in [1.807, 2.05) is 4.90 Å². The molecule has 0 aromatic carbocycles. The molecule has 19 heavy (non-hydrogen) atoms. The molecule has 0 saturated carbocycles. The molecule has 1 heterocycles. The highest BCUT2D eigenvalue weighted by molar-refractivity contribution is 5.95. The SMILES string of the molecule is CCCCN(CCO)c1cc(C(=O)OC)c(N)cn1. The molecule has 0 spiro atoms. The normalized spacial score (nSPS) is 10.3. The summed E-state index contributed by atoms with van der Waals surface area (Å²) in [5.74, 6) is 0.137. The third kappa shape index (κ3) is 4.10. The molecule has 0 radical (unpaired) electrons. The van der Waals surface area contributed by atoms with Gasteiger partial charge in [0.1, 0.15) is 5.82 Å². The number of aliphatic hydroxyl groups is 1. The van der Waals surface area contributed by atoms with Crippen molar-refractivity contribution in [2.24, 2.45) is 0 Å². The number of nitrogens with zero attached hydrogens (tertiary/aromatic N) is 2. The summed E-state index contributed by atoms with van der Waals surface area (Å²) >= 11 is 0. The first-order valence-corrected chi connectivity index (χ1v) is 6.33.